The van der Waals surface area contributed by atoms with E-state index in [0.717, 1.165) is 6.42 Å². The van der Waals surface area contributed by atoms with Crippen molar-refractivity contribution in [1.29, 1.82) is 0 Å². The molecule has 0 heterocycles. The molecule has 0 aromatic rings. The van der Waals surface area contributed by atoms with Gasteiger partial charge in [-0.15, -0.1) is 12.3 Å². The van der Waals surface area contributed by atoms with Gasteiger partial charge in [-0.1, -0.05) is 6.92 Å². The Morgan fingerprint density at radius 3 is 2.62 bits per heavy atom. The Hall–Kier alpha value is -0.970. The summed E-state index contributed by atoms with van der Waals surface area (Å²) in [6, 6.07) is 0. The fourth-order valence-electron chi connectivity index (χ4n) is 0.262. The molecule has 0 aliphatic heterocycles. The van der Waals surface area contributed by atoms with Crippen LogP contribution in [0.2, 0.25) is 0 Å². The second-order valence-electron chi connectivity index (χ2n) is 1.46. The smallest absolute Gasteiger partial charge is 0.308 e. The number of aliphatic carboxylic acids is 1. The molecule has 0 saturated carbocycles. The lowest BCUT2D eigenvalue weighted by atomic mass is 10.1. The van der Waals surface area contributed by atoms with Gasteiger partial charge in [0.2, 0.25) is 0 Å². The number of carboxylic acid groups (broad SMARTS) is 1. The van der Waals surface area contributed by atoms with Crippen LogP contribution in [-0.2, 0) is 4.79 Å². The van der Waals surface area contributed by atoms with E-state index in [1.165, 1.54) is 0 Å². The predicted octanol–water partition coefficient (Wildman–Crippen LogP) is 0.545. The quantitative estimate of drug-likeness (QED) is 0.528. The Bertz CT molecular complexity index is 121. The van der Waals surface area contributed by atoms with Gasteiger partial charge in [0.25, 0.3) is 0 Å². The largest absolute Gasteiger partial charge is 0.481 e. The molecular weight excluding hydrogens is 104 g/mol. The average Bonchev–Trinajstić information content (AvgIpc) is 1.65. The summed E-state index contributed by atoms with van der Waals surface area (Å²) in [7, 11) is 0. The second-order valence-corrected chi connectivity index (χ2v) is 1.46. The van der Waals surface area contributed by atoms with Gasteiger partial charge < -0.3 is 5.11 Å². The summed E-state index contributed by atoms with van der Waals surface area (Å²) in [5.74, 6) is 1.03. The first-order valence-electron chi connectivity index (χ1n) is 2.20. The lowest BCUT2D eigenvalue weighted by Gasteiger charge is -1.93. The standard InChI is InChI=1S/C6H7O2/c1-3-5(2)4-6(7)8/h1,4-5H,2H3,(H,7,8). The third-order valence-corrected chi connectivity index (χ3v) is 0.655. The van der Waals surface area contributed by atoms with Crippen molar-refractivity contribution in [2.75, 3.05) is 0 Å². The maximum atomic E-state index is 9.82. The molecule has 8 heavy (non-hydrogen) atoms. The van der Waals surface area contributed by atoms with Gasteiger partial charge >= 0.3 is 5.97 Å². The molecule has 0 saturated heterocycles. The highest BCUT2D eigenvalue weighted by Gasteiger charge is 2.02. The number of carbonyl (C=O) groups is 1. The number of hydrogen-bond acceptors (Lipinski definition) is 1. The number of rotatable bonds is 2. The van der Waals surface area contributed by atoms with E-state index in [4.69, 9.17) is 11.5 Å². The second kappa shape index (κ2) is 3.09. The Morgan fingerprint density at radius 2 is 2.50 bits per heavy atom. The average molecular weight is 111 g/mol. The zero-order valence-corrected chi connectivity index (χ0v) is 4.59. The normalized spacial score (nSPS) is 12.0. The topological polar surface area (TPSA) is 37.3 Å². The number of hydrogen-bond donors (Lipinski definition) is 1. The molecule has 1 unspecified atom stereocenters. The Balaban J connectivity index is 3.43. The van der Waals surface area contributed by atoms with Crippen molar-refractivity contribution in [3.63, 3.8) is 0 Å². The van der Waals surface area contributed by atoms with E-state index in [-0.39, 0.29) is 5.92 Å². The molecule has 0 rings (SSSR count). The van der Waals surface area contributed by atoms with Gasteiger partial charge in [0.15, 0.2) is 0 Å². The molecular formula is C6H7O2. The molecule has 1 radical (unpaired) electrons. The van der Waals surface area contributed by atoms with Crippen LogP contribution >= 0.6 is 0 Å². The minimum absolute atomic E-state index is 0.271. The van der Waals surface area contributed by atoms with Crippen LogP contribution in [0.1, 0.15) is 6.92 Å². The Kier molecular flexibility index (Phi) is 2.71. The maximum Gasteiger partial charge on any atom is 0.308 e. The molecule has 43 valence electrons. The van der Waals surface area contributed by atoms with E-state index in [2.05, 4.69) is 5.92 Å². The van der Waals surface area contributed by atoms with E-state index in [0.29, 0.717) is 0 Å². The van der Waals surface area contributed by atoms with Crippen molar-refractivity contribution in [2.45, 2.75) is 6.92 Å². The summed E-state index contributed by atoms with van der Waals surface area (Å²) in [5, 5.41) is 8.06. The fraction of sp³-hybridized carbons (Fsp3) is 0.333. The van der Waals surface area contributed by atoms with Gasteiger partial charge in [-0.05, 0) is 0 Å². The minimum Gasteiger partial charge on any atom is -0.481 e. The van der Waals surface area contributed by atoms with Crippen LogP contribution in [0, 0.1) is 24.7 Å². The molecule has 2 heteroatoms. The van der Waals surface area contributed by atoms with Crippen molar-refractivity contribution in [2.24, 2.45) is 5.92 Å². The monoisotopic (exact) mass is 111 g/mol. The highest BCUT2D eigenvalue weighted by atomic mass is 16.4. The van der Waals surface area contributed by atoms with E-state index >= 15 is 0 Å². The molecule has 1 atom stereocenters. The lowest BCUT2D eigenvalue weighted by Crippen LogP contribution is -2.02. The molecule has 0 amide bonds. The predicted molar refractivity (Wildman–Crippen MR) is 29.9 cm³/mol. The van der Waals surface area contributed by atoms with E-state index < -0.39 is 5.97 Å². The molecule has 0 spiro atoms. The highest BCUT2D eigenvalue weighted by molar-refractivity contribution is 5.77. The van der Waals surface area contributed by atoms with Crippen molar-refractivity contribution >= 4 is 5.97 Å². The molecule has 0 aliphatic carbocycles. The van der Waals surface area contributed by atoms with Crippen LogP contribution in [0.4, 0.5) is 0 Å². The van der Waals surface area contributed by atoms with Gasteiger partial charge in [0.1, 0.15) is 0 Å². The first-order chi connectivity index (χ1) is 3.66. The van der Waals surface area contributed by atoms with Crippen LogP contribution in [0.15, 0.2) is 0 Å². The zero-order chi connectivity index (χ0) is 6.57. The summed E-state index contributed by atoms with van der Waals surface area (Å²) >= 11 is 0. The minimum atomic E-state index is -0.963. The van der Waals surface area contributed by atoms with Gasteiger partial charge in [-0.2, -0.15) is 0 Å². The molecule has 0 bridgehead atoms. The maximum absolute atomic E-state index is 9.82. The lowest BCUT2D eigenvalue weighted by molar-refractivity contribution is -0.133. The van der Waals surface area contributed by atoms with Crippen LogP contribution in [0.5, 0.6) is 0 Å². The molecule has 0 fully saturated rings. The van der Waals surface area contributed by atoms with E-state index in [9.17, 15) is 4.79 Å². The van der Waals surface area contributed by atoms with Crippen LogP contribution in [0.25, 0.3) is 0 Å². The summed E-state index contributed by atoms with van der Waals surface area (Å²) in [4.78, 5) is 9.82. The molecule has 2 nitrogen and oxygen atoms in total. The van der Waals surface area contributed by atoms with E-state index in [1.807, 2.05) is 0 Å². The number of terminal acetylenes is 1. The Morgan fingerprint density at radius 1 is 2.00 bits per heavy atom. The first-order valence-corrected chi connectivity index (χ1v) is 2.20. The first kappa shape index (κ1) is 7.03. The highest BCUT2D eigenvalue weighted by Crippen LogP contribution is 1.95. The van der Waals surface area contributed by atoms with Gasteiger partial charge in [0, 0.05) is 5.92 Å². The van der Waals surface area contributed by atoms with Crippen LogP contribution in [0.3, 0.4) is 0 Å². The van der Waals surface area contributed by atoms with Crippen LogP contribution in [-0.4, -0.2) is 11.1 Å². The summed E-state index contributed by atoms with van der Waals surface area (Å²) < 4.78 is 0. The van der Waals surface area contributed by atoms with E-state index in [1.54, 1.807) is 6.92 Å². The molecule has 0 aromatic carbocycles. The van der Waals surface area contributed by atoms with Crippen molar-refractivity contribution < 1.29 is 9.90 Å². The van der Waals surface area contributed by atoms with Crippen molar-refractivity contribution in [3.8, 4) is 12.3 Å². The summed E-state index contributed by atoms with van der Waals surface area (Å²) in [6.07, 6.45) is 5.95. The molecule has 0 aromatic heterocycles. The fourth-order valence-corrected chi connectivity index (χ4v) is 0.262. The van der Waals surface area contributed by atoms with Crippen molar-refractivity contribution in [3.05, 3.63) is 6.42 Å². The SMILES string of the molecule is C#CC(C)[CH]C(=O)O. The van der Waals surface area contributed by atoms with Crippen molar-refractivity contribution in [1.82, 2.24) is 0 Å². The third-order valence-electron chi connectivity index (χ3n) is 0.655. The number of carboxylic acids is 1. The third kappa shape index (κ3) is 3.23. The van der Waals surface area contributed by atoms with Gasteiger partial charge in [0.05, 0.1) is 6.42 Å². The van der Waals surface area contributed by atoms with Crippen LogP contribution < -0.4 is 0 Å². The molecule has 1 N–H and O–H groups in total. The Labute approximate surface area is 48.5 Å². The zero-order valence-electron chi connectivity index (χ0n) is 4.59. The molecule has 0 aliphatic rings. The summed E-state index contributed by atoms with van der Waals surface area (Å²) in [5.41, 5.74) is 0. The summed E-state index contributed by atoms with van der Waals surface area (Å²) in [6.45, 7) is 1.65. The van der Waals surface area contributed by atoms with Gasteiger partial charge in [-0.3, -0.25) is 4.79 Å². The van der Waals surface area contributed by atoms with Gasteiger partial charge in [-0.25, -0.2) is 0 Å².